The van der Waals surface area contributed by atoms with Crippen molar-refractivity contribution in [1.82, 2.24) is 24.6 Å². The number of phenolic OH excluding ortho intramolecular Hbond substituents is 1. The summed E-state index contributed by atoms with van der Waals surface area (Å²) in [5, 5.41) is 30.7. The molecule has 0 bridgehead atoms. The number of pyridine rings is 1. The summed E-state index contributed by atoms with van der Waals surface area (Å²) in [6.07, 6.45) is -2.37. The Morgan fingerprint density at radius 1 is 1.10 bits per heavy atom. The van der Waals surface area contributed by atoms with E-state index in [9.17, 15) is 23.1 Å². The van der Waals surface area contributed by atoms with E-state index in [1.54, 1.807) is 30.6 Å². The molecule has 3 aliphatic heterocycles. The van der Waals surface area contributed by atoms with Crippen molar-refractivity contribution in [3.8, 4) is 11.8 Å². The molecule has 0 atom stereocenters. The average Bonchev–Trinajstić information content (AvgIpc) is 3.64. The largest absolute Gasteiger partial charge is 0.506 e. The van der Waals surface area contributed by atoms with Crippen LogP contribution in [0.3, 0.4) is 0 Å². The van der Waals surface area contributed by atoms with Crippen molar-refractivity contribution < 1.29 is 27.8 Å². The number of amides is 1. The van der Waals surface area contributed by atoms with Gasteiger partial charge < -0.3 is 24.6 Å². The summed E-state index contributed by atoms with van der Waals surface area (Å²) >= 11 is 0. The van der Waals surface area contributed by atoms with Crippen LogP contribution in [0.15, 0.2) is 54.9 Å². The zero-order valence-corrected chi connectivity index (χ0v) is 27.4. The monoisotopic (exact) mass is 687 g/mol. The van der Waals surface area contributed by atoms with Gasteiger partial charge in [-0.1, -0.05) is 12.1 Å². The Morgan fingerprint density at radius 2 is 1.88 bits per heavy atom. The topological polar surface area (TPSA) is 136 Å². The number of nitrogens with zero attached hydrogens (tertiary/aromatic N) is 8. The minimum Gasteiger partial charge on any atom is -0.506 e. The second-order valence-corrected chi connectivity index (χ2v) is 13.1. The number of halogens is 3. The predicted molar refractivity (Wildman–Crippen MR) is 178 cm³/mol. The van der Waals surface area contributed by atoms with Gasteiger partial charge in [-0.2, -0.15) is 18.4 Å². The molecule has 2 saturated heterocycles. The highest BCUT2D eigenvalue weighted by Crippen LogP contribution is 2.42. The highest BCUT2D eigenvalue weighted by molar-refractivity contribution is 6.10. The third kappa shape index (κ3) is 6.44. The number of aryl methyl sites for hydroxylation is 1. The predicted octanol–water partition coefficient (Wildman–Crippen LogP) is 4.25. The number of aromatic hydroxyl groups is 1. The van der Waals surface area contributed by atoms with Crippen LogP contribution in [0.1, 0.15) is 44.9 Å². The Balaban J connectivity index is 1.17. The molecule has 2 N–H and O–H groups in total. The van der Waals surface area contributed by atoms with E-state index in [4.69, 9.17) is 10.00 Å². The number of carbonyl (C=O) groups is 1. The van der Waals surface area contributed by atoms with Gasteiger partial charge in [-0.25, -0.2) is 4.98 Å². The summed E-state index contributed by atoms with van der Waals surface area (Å²) in [4.78, 5) is 24.1. The molecule has 12 nitrogen and oxygen atoms in total. The quantitative estimate of drug-likeness (QED) is 0.233. The minimum atomic E-state index is -4.68. The van der Waals surface area contributed by atoms with E-state index in [1.807, 2.05) is 29.8 Å². The van der Waals surface area contributed by atoms with Crippen molar-refractivity contribution in [1.29, 1.82) is 5.26 Å². The van der Waals surface area contributed by atoms with Crippen molar-refractivity contribution in [2.75, 3.05) is 61.1 Å². The number of hydrogen-bond acceptors (Lipinski definition) is 10. The zero-order valence-electron chi connectivity index (χ0n) is 27.4. The SMILES string of the molecule is Cn1cnnc1CC1(c2cc(NCCC#N)nc(N3Cc4c(cc(CN5CCN(c6ccccc6O)CC5)cc4C(F)(F)F)C3=O)c2)COC1. The van der Waals surface area contributed by atoms with Gasteiger partial charge in [0.2, 0.25) is 0 Å². The lowest BCUT2D eigenvalue weighted by atomic mass is 9.75. The second-order valence-electron chi connectivity index (χ2n) is 13.1. The number of benzene rings is 2. The highest BCUT2D eigenvalue weighted by atomic mass is 19.4. The van der Waals surface area contributed by atoms with Crippen LogP contribution in [-0.4, -0.2) is 81.6 Å². The first kappa shape index (κ1) is 33.3. The number of hydrogen-bond donors (Lipinski definition) is 2. The van der Waals surface area contributed by atoms with Crippen molar-refractivity contribution in [3.05, 3.63) is 88.5 Å². The Bertz CT molecular complexity index is 1950. The number of piperazine rings is 1. The molecule has 3 aliphatic rings. The summed E-state index contributed by atoms with van der Waals surface area (Å²) in [6, 6.07) is 15.5. The van der Waals surface area contributed by atoms with E-state index in [2.05, 4.69) is 36.4 Å². The van der Waals surface area contributed by atoms with E-state index in [0.717, 1.165) is 23.1 Å². The molecule has 0 unspecified atom stereocenters. The number of anilines is 3. The number of fused-ring (bicyclic) bond motifs is 1. The normalized spacial score (nSPS) is 17.4. The summed E-state index contributed by atoms with van der Waals surface area (Å²) < 4.78 is 51.3. The summed E-state index contributed by atoms with van der Waals surface area (Å²) in [5.41, 5.74) is 0.491. The number of nitriles is 1. The number of nitrogens with one attached hydrogen (secondary N) is 1. The van der Waals surface area contributed by atoms with Crippen LogP contribution < -0.4 is 15.1 Å². The number of rotatable bonds is 10. The van der Waals surface area contributed by atoms with E-state index in [0.29, 0.717) is 63.7 Å². The zero-order chi connectivity index (χ0) is 35.0. The standard InChI is InChI=1S/C35H36F3N9O3/c1-44-22-41-43-32(44)17-34(20-50-21-34)24-15-30(40-8-4-7-39)42-31(16-24)47-19-26-25(33(47)49)13-23(14-27(26)35(36,37)38)18-45-9-11-46(12-10-45)28-5-2-3-6-29(28)48/h2-3,5-6,13-16,22,48H,4,8-12,17-21H2,1H3,(H,40,42). The molecule has 2 aromatic carbocycles. The van der Waals surface area contributed by atoms with Gasteiger partial charge >= 0.3 is 6.18 Å². The Kier molecular flexibility index (Phi) is 8.83. The first-order valence-corrected chi connectivity index (χ1v) is 16.4. The third-order valence-corrected chi connectivity index (χ3v) is 9.71. The van der Waals surface area contributed by atoms with Crippen LogP contribution in [0.5, 0.6) is 5.75 Å². The summed E-state index contributed by atoms with van der Waals surface area (Å²) in [7, 11) is 1.85. The Morgan fingerprint density at radius 3 is 2.54 bits per heavy atom. The van der Waals surface area contributed by atoms with Gasteiger partial charge in [-0.15, -0.1) is 10.2 Å². The fourth-order valence-corrected chi connectivity index (χ4v) is 6.92. The van der Waals surface area contributed by atoms with Crippen molar-refractivity contribution in [2.24, 2.45) is 7.05 Å². The molecular weight excluding hydrogens is 651 g/mol. The van der Waals surface area contributed by atoms with Crippen molar-refractivity contribution >= 4 is 23.2 Å². The Labute approximate surface area is 286 Å². The molecule has 15 heteroatoms. The van der Waals surface area contributed by atoms with E-state index < -0.39 is 23.1 Å². The summed E-state index contributed by atoms with van der Waals surface area (Å²) in [6.45, 7) is 3.34. The van der Waals surface area contributed by atoms with Crippen LogP contribution in [0.25, 0.3) is 0 Å². The molecule has 0 aliphatic carbocycles. The molecule has 7 rings (SSSR count). The number of aromatic nitrogens is 4. The molecule has 1 amide bonds. The van der Waals surface area contributed by atoms with Crippen LogP contribution in [0, 0.1) is 11.3 Å². The van der Waals surface area contributed by atoms with Gasteiger partial charge in [-0.05, 0) is 53.1 Å². The van der Waals surface area contributed by atoms with Crippen molar-refractivity contribution in [2.45, 2.75) is 37.5 Å². The van der Waals surface area contributed by atoms with Gasteiger partial charge in [0.05, 0.1) is 43.5 Å². The molecule has 0 spiro atoms. The summed E-state index contributed by atoms with van der Waals surface area (Å²) in [5.74, 6) is 0.973. The molecule has 2 aromatic heterocycles. The van der Waals surface area contributed by atoms with Crippen LogP contribution >= 0.6 is 0 Å². The van der Waals surface area contributed by atoms with Gasteiger partial charge in [0.25, 0.3) is 5.91 Å². The third-order valence-electron chi connectivity index (χ3n) is 9.71. The molecule has 0 saturated carbocycles. The van der Waals surface area contributed by atoms with E-state index >= 15 is 0 Å². The maximum absolute atomic E-state index is 14.6. The van der Waals surface area contributed by atoms with Crippen LogP contribution in [0.2, 0.25) is 0 Å². The van der Waals surface area contributed by atoms with Gasteiger partial charge in [0.15, 0.2) is 0 Å². The molecular formula is C35H36F3N9O3. The van der Waals surface area contributed by atoms with E-state index in [-0.39, 0.29) is 42.2 Å². The molecule has 4 aromatic rings. The van der Waals surface area contributed by atoms with E-state index in [1.165, 1.54) is 4.90 Å². The maximum Gasteiger partial charge on any atom is 0.416 e. The van der Waals surface area contributed by atoms with Gasteiger partial charge in [0.1, 0.15) is 29.5 Å². The lowest BCUT2D eigenvalue weighted by molar-refractivity contribution is -0.138. The minimum absolute atomic E-state index is 0.00892. The lowest BCUT2D eigenvalue weighted by Crippen LogP contribution is -2.49. The number of carbonyl (C=O) groups excluding carboxylic acids is 1. The van der Waals surface area contributed by atoms with Gasteiger partial charge in [-0.3, -0.25) is 14.6 Å². The average molecular weight is 688 g/mol. The van der Waals surface area contributed by atoms with Crippen LogP contribution in [-0.2, 0) is 42.9 Å². The molecule has 0 radical (unpaired) electrons. The fourth-order valence-electron chi connectivity index (χ4n) is 6.92. The second kappa shape index (κ2) is 13.3. The first-order chi connectivity index (χ1) is 24.0. The molecule has 5 heterocycles. The first-order valence-electron chi connectivity index (χ1n) is 16.4. The number of phenols is 1. The van der Waals surface area contributed by atoms with Crippen molar-refractivity contribution in [3.63, 3.8) is 0 Å². The fraction of sp³-hybridized carbons (Fsp3) is 0.400. The Hall–Kier alpha value is -5.20. The number of ether oxygens (including phenoxy) is 1. The molecule has 260 valence electrons. The lowest BCUT2D eigenvalue weighted by Gasteiger charge is -2.42. The smallest absolute Gasteiger partial charge is 0.416 e. The molecule has 2 fully saturated rings. The van der Waals surface area contributed by atoms with Gasteiger partial charge in [0, 0.05) is 63.7 Å². The maximum atomic E-state index is 14.6. The molecule has 50 heavy (non-hydrogen) atoms. The highest BCUT2D eigenvalue weighted by Gasteiger charge is 2.44. The number of alkyl halides is 3. The van der Waals surface area contributed by atoms with Crippen LogP contribution in [0.4, 0.5) is 30.5 Å². The number of para-hydroxylation sites is 2.